The van der Waals surface area contributed by atoms with Gasteiger partial charge in [0.1, 0.15) is 145 Å². The molecule has 1 aromatic heterocycles. The van der Waals surface area contributed by atoms with E-state index in [-0.39, 0.29) is 5.41 Å². The highest BCUT2D eigenvalue weighted by molar-refractivity contribution is 6.74. The number of fused-ring (bicyclic) bond motifs is 10. The van der Waals surface area contributed by atoms with Crippen molar-refractivity contribution in [2.45, 2.75) is 19.3 Å². The van der Waals surface area contributed by atoms with Gasteiger partial charge in [-0.2, -0.15) is 0 Å². The Bertz CT molecular complexity index is 3600. The topological polar surface area (TPSA) is 13.1 Å². The number of benzene rings is 8. The van der Waals surface area contributed by atoms with Crippen LogP contribution in [0.3, 0.4) is 0 Å². The Labute approximate surface area is 388 Å². The molecule has 0 atom stereocenters. The zero-order chi connectivity index (χ0) is 45.4. The molecule has 0 spiro atoms. The second-order valence-corrected chi connectivity index (χ2v) is 20.4. The maximum Gasteiger partial charge on any atom is 0.143 e. The number of furan rings is 1. The van der Waals surface area contributed by atoms with Crippen LogP contribution >= 0.6 is 0 Å². The molecule has 63 heavy (non-hydrogen) atoms. The number of rotatable bonds is 2. The molecule has 0 radical (unpaired) electrons. The van der Waals surface area contributed by atoms with E-state index in [0.717, 1.165) is 11.2 Å². The summed E-state index contributed by atoms with van der Waals surface area (Å²) in [5, 5.41) is 10.7. The molecule has 0 saturated carbocycles. The standard InChI is InChI=1S/C45H47B17O/c1-45(2)13-6-4-3-5-11(13)12-8-7-10(9-14(12)45)15-17-19(29(49)38(58)36(56)27(17)47)16(20-18(15)28(48)37(57)39(59)30(20)50)21-26(46)24-25-34(54)31(51)22-23(35(55)41(61)40(60)32(22)52)43(25)63-44(24)42(62)33(21)53/h3-9H,46-62H2,1-2H3. The average Bonchev–Trinajstić information content (AvgIpc) is 3.77. The second-order valence-electron chi connectivity index (χ2n) is 20.4. The molecule has 0 saturated heterocycles. The Morgan fingerprint density at radius 2 is 0.714 bits per heavy atom. The molecule has 0 bridgehead atoms. The molecule has 8 aromatic carbocycles. The van der Waals surface area contributed by atoms with Crippen molar-refractivity contribution in [3.63, 3.8) is 0 Å². The van der Waals surface area contributed by atoms with E-state index in [1.165, 1.54) is 180 Å². The smallest absolute Gasteiger partial charge is 0.143 e. The normalized spacial score (nSPS) is 13.2. The lowest BCUT2D eigenvalue weighted by molar-refractivity contribution is 0.660. The van der Waals surface area contributed by atoms with Gasteiger partial charge >= 0.3 is 0 Å². The largest absolute Gasteiger partial charge is 0.456 e. The number of hydrogen-bond donors (Lipinski definition) is 0. The van der Waals surface area contributed by atoms with Gasteiger partial charge in [-0.3, -0.25) is 0 Å². The van der Waals surface area contributed by atoms with Crippen molar-refractivity contribution in [3.05, 3.63) is 53.6 Å². The molecule has 10 rings (SSSR count). The summed E-state index contributed by atoms with van der Waals surface area (Å²) in [6.45, 7) is 4.82. The van der Waals surface area contributed by atoms with Crippen molar-refractivity contribution < 1.29 is 4.42 Å². The lowest BCUT2D eigenvalue weighted by Gasteiger charge is -2.30. The van der Waals surface area contributed by atoms with Gasteiger partial charge in [-0.25, -0.2) is 0 Å². The highest BCUT2D eigenvalue weighted by Gasteiger charge is 2.36. The molecular formula is C45H47B17O. The summed E-state index contributed by atoms with van der Waals surface area (Å²) in [5.74, 6) is 0. The lowest BCUT2D eigenvalue weighted by atomic mass is 9.58. The highest BCUT2D eigenvalue weighted by Crippen LogP contribution is 2.50. The minimum atomic E-state index is -0.104. The van der Waals surface area contributed by atoms with E-state index in [1.807, 2.05) is 0 Å². The Balaban J connectivity index is 1.45. The fraction of sp³-hybridized carbons (Fsp3) is 0.0667. The Hall–Kier alpha value is -4.56. The predicted molar refractivity (Wildman–Crippen MR) is 334 cm³/mol. The summed E-state index contributed by atoms with van der Waals surface area (Å²) in [5.41, 5.74) is 35.9. The quantitative estimate of drug-likeness (QED) is 0.126. The molecule has 0 unspecified atom stereocenters. The lowest BCUT2D eigenvalue weighted by Crippen LogP contribution is -2.50. The molecule has 1 aliphatic rings. The van der Waals surface area contributed by atoms with E-state index in [2.05, 4.69) is 190 Å². The maximum absolute atomic E-state index is 7.30. The summed E-state index contributed by atoms with van der Waals surface area (Å²) in [7, 11) is 39.9. The summed E-state index contributed by atoms with van der Waals surface area (Å²) in [6.07, 6.45) is 0. The van der Waals surface area contributed by atoms with E-state index >= 15 is 0 Å². The van der Waals surface area contributed by atoms with Crippen LogP contribution in [0.1, 0.15) is 25.0 Å². The van der Waals surface area contributed by atoms with Crippen LogP contribution in [0.2, 0.25) is 0 Å². The molecule has 0 aliphatic heterocycles. The van der Waals surface area contributed by atoms with E-state index in [4.69, 9.17) is 4.42 Å². The molecule has 1 nitrogen and oxygen atoms in total. The van der Waals surface area contributed by atoms with Crippen LogP contribution in [-0.4, -0.2) is 133 Å². The van der Waals surface area contributed by atoms with Gasteiger partial charge in [-0.1, -0.05) is 110 Å². The van der Waals surface area contributed by atoms with Gasteiger partial charge < -0.3 is 4.42 Å². The van der Waals surface area contributed by atoms with E-state index in [1.54, 1.807) is 0 Å². The van der Waals surface area contributed by atoms with Crippen LogP contribution in [0.25, 0.3) is 87.6 Å². The maximum atomic E-state index is 7.30. The zero-order valence-electron chi connectivity index (χ0n) is 41.4. The number of hydrogen-bond acceptors (Lipinski definition) is 1. The second kappa shape index (κ2) is 14.0. The fourth-order valence-corrected chi connectivity index (χ4v) is 12.7. The first kappa shape index (κ1) is 42.4. The van der Waals surface area contributed by atoms with Gasteiger partial charge in [0.05, 0.1) is 0 Å². The van der Waals surface area contributed by atoms with Gasteiger partial charge in [0.25, 0.3) is 0 Å². The predicted octanol–water partition coefficient (Wildman–Crippen LogP) is -16.9. The van der Waals surface area contributed by atoms with Crippen LogP contribution < -0.4 is 92.9 Å². The van der Waals surface area contributed by atoms with E-state index < -0.39 is 0 Å². The van der Waals surface area contributed by atoms with Crippen molar-refractivity contribution in [2.75, 3.05) is 0 Å². The first-order valence-electron chi connectivity index (χ1n) is 23.2. The zero-order valence-corrected chi connectivity index (χ0v) is 41.4. The first-order chi connectivity index (χ1) is 29.7. The molecule has 0 fully saturated rings. The van der Waals surface area contributed by atoms with Crippen LogP contribution in [0.5, 0.6) is 0 Å². The Morgan fingerprint density at radius 1 is 0.317 bits per heavy atom. The first-order valence-corrected chi connectivity index (χ1v) is 23.2. The average molecular weight is 788 g/mol. The van der Waals surface area contributed by atoms with Crippen molar-refractivity contribution in [2.24, 2.45) is 0 Å². The Kier molecular flexibility index (Phi) is 9.40. The molecule has 0 amide bonds. The third-order valence-electron chi connectivity index (χ3n) is 17.7. The molecular weight excluding hydrogens is 740 g/mol. The van der Waals surface area contributed by atoms with Crippen LogP contribution in [0, 0.1) is 0 Å². The van der Waals surface area contributed by atoms with E-state index in [9.17, 15) is 0 Å². The highest BCUT2D eigenvalue weighted by atomic mass is 16.3. The SMILES string of the molecule is Bc1c(-c2c3c(B)c(B)c(B)c(B)c3c(-c3ccc4c(c3)C(C)(C)c3ccccc3-4)c3c(B)c(B)c(B)c(B)c23)c(B)c2c(oc3c4c(B)c(B)c(B)c(B)c4c(B)c(B)c32)c1B. The van der Waals surface area contributed by atoms with Crippen molar-refractivity contribution >= 4 is 281 Å². The molecule has 284 valence electrons. The monoisotopic (exact) mass is 791 g/mol. The summed E-state index contributed by atoms with van der Waals surface area (Å²) in [6, 6.07) is 16.4. The van der Waals surface area contributed by atoms with Crippen LogP contribution in [0.15, 0.2) is 46.9 Å². The minimum Gasteiger partial charge on any atom is -0.456 e. The summed E-state index contributed by atoms with van der Waals surface area (Å²) in [4.78, 5) is 0. The van der Waals surface area contributed by atoms with Crippen molar-refractivity contribution in [1.82, 2.24) is 0 Å². The van der Waals surface area contributed by atoms with Crippen molar-refractivity contribution in [3.8, 4) is 33.4 Å². The van der Waals surface area contributed by atoms with Gasteiger partial charge in [0, 0.05) is 21.6 Å². The summed E-state index contributed by atoms with van der Waals surface area (Å²) < 4.78 is 7.30. The molecule has 0 N–H and O–H groups in total. The van der Waals surface area contributed by atoms with Crippen molar-refractivity contribution in [1.29, 1.82) is 0 Å². The van der Waals surface area contributed by atoms with Crippen LogP contribution in [-0.2, 0) is 5.41 Å². The molecule has 9 aromatic rings. The summed E-state index contributed by atoms with van der Waals surface area (Å²) >= 11 is 0. The third kappa shape index (κ3) is 5.25. The molecule has 1 heterocycles. The van der Waals surface area contributed by atoms with Gasteiger partial charge in [-0.05, 0) is 77.5 Å². The fourth-order valence-electron chi connectivity index (χ4n) is 12.7. The Morgan fingerprint density at radius 3 is 1.25 bits per heavy atom. The van der Waals surface area contributed by atoms with Gasteiger partial charge in [0.15, 0.2) is 0 Å². The minimum absolute atomic E-state index is 0.104. The van der Waals surface area contributed by atoms with Crippen LogP contribution in [0.4, 0.5) is 0 Å². The van der Waals surface area contributed by atoms with E-state index in [0.29, 0.717) is 0 Å². The van der Waals surface area contributed by atoms with Gasteiger partial charge in [0.2, 0.25) is 0 Å². The molecule has 18 heteroatoms. The third-order valence-corrected chi connectivity index (χ3v) is 17.7. The molecule has 1 aliphatic carbocycles. The van der Waals surface area contributed by atoms with Gasteiger partial charge in [-0.15, -0.1) is 32.8 Å².